The van der Waals surface area contributed by atoms with E-state index < -0.39 is 0 Å². The molecule has 5 heterocycles. The van der Waals surface area contributed by atoms with E-state index >= 15 is 0 Å². The maximum atomic E-state index is 6.25. The zero-order valence-corrected chi connectivity index (χ0v) is 22.5. The Bertz CT molecular complexity index is 1520. The molecule has 38 heavy (non-hydrogen) atoms. The fraction of sp³-hybridized carbons (Fsp3) is 0.467. The van der Waals surface area contributed by atoms with Gasteiger partial charge in [0.2, 0.25) is 0 Å². The van der Waals surface area contributed by atoms with Gasteiger partial charge >= 0.3 is 0 Å². The van der Waals surface area contributed by atoms with Crippen molar-refractivity contribution in [2.45, 2.75) is 65.5 Å². The summed E-state index contributed by atoms with van der Waals surface area (Å²) in [6.45, 7) is 9.91. The fourth-order valence-electron chi connectivity index (χ4n) is 6.20. The van der Waals surface area contributed by atoms with Crippen molar-refractivity contribution < 1.29 is 4.74 Å². The first-order chi connectivity index (χ1) is 18.4. The molecular weight excluding hydrogens is 474 g/mol. The molecule has 3 aliphatic rings. The maximum Gasteiger partial charge on any atom is 0.157 e. The van der Waals surface area contributed by atoms with Gasteiger partial charge in [-0.05, 0) is 74.8 Å². The van der Waals surface area contributed by atoms with E-state index in [4.69, 9.17) is 14.7 Å². The highest BCUT2D eigenvalue weighted by atomic mass is 16.5. The molecule has 8 nitrogen and oxygen atoms in total. The van der Waals surface area contributed by atoms with Gasteiger partial charge in [0.15, 0.2) is 5.65 Å². The van der Waals surface area contributed by atoms with Crippen molar-refractivity contribution in [3.8, 4) is 16.9 Å². The van der Waals surface area contributed by atoms with Crippen LogP contribution in [0.5, 0.6) is 5.75 Å². The number of aryl methyl sites for hydroxylation is 2. The molecule has 0 radical (unpaired) electrons. The molecule has 1 unspecified atom stereocenters. The summed E-state index contributed by atoms with van der Waals surface area (Å²) in [5.41, 5.74) is 7.86. The number of benzene rings is 1. The number of fused-ring (bicyclic) bond motifs is 3. The SMILES string of the molecule is Cc1nc2cc(-c3ccc4c(c3)CN(c3nc(C5CCCN5)nc5c3CC(C)(C)CC5)CCO4)cnc2[nH]1. The number of H-pyrrole nitrogens is 1. The molecule has 1 fully saturated rings. The molecule has 4 aromatic rings. The minimum absolute atomic E-state index is 0.252. The molecule has 1 saturated heterocycles. The van der Waals surface area contributed by atoms with Crippen molar-refractivity contribution >= 4 is 17.0 Å². The van der Waals surface area contributed by atoms with E-state index in [1.54, 1.807) is 0 Å². The van der Waals surface area contributed by atoms with Crippen LogP contribution in [0.15, 0.2) is 30.5 Å². The minimum Gasteiger partial charge on any atom is -0.491 e. The van der Waals surface area contributed by atoms with Crippen molar-refractivity contribution in [1.29, 1.82) is 0 Å². The number of imidazole rings is 1. The van der Waals surface area contributed by atoms with Gasteiger partial charge in [0.25, 0.3) is 0 Å². The molecule has 0 spiro atoms. The molecule has 2 aliphatic heterocycles. The van der Waals surface area contributed by atoms with Crippen molar-refractivity contribution in [3.63, 3.8) is 0 Å². The van der Waals surface area contributed by atoms with Crippen molar-refractivity contribution in [2.75, 3.05) is 24.6 Å². The zero-order chi connectivity index (χ0) is 25.9. The van der Waals surface area contributed by atoms with Crippen LogP contribution in [0.25, 0.3) is 22.3 Å². The number of hydrogen-bond acceptors (Lipinski definition) is 7. The zero-order valence-electron chi connectivity index (χ0n) is 22.5. The lowest BCUT2D eigenvalue weighted by Crippen LogP contribution is -2.32. The van der Waals surface area contributed by atoms with E-state index in [0.717, 1.165) is 90.8 Å². The van der Waals surface area contributed by atoms with Gasteiger partial charge in [0, 0.05) is 35.1 Å². The Kier molecular flexibility index (Phi) is 5.62. The van der Waals surface area contributed by atoms with Crippen LogP contribution in [0, 0.1) is 12.3 Å². The van der Waals surface area contributed by atoms with E-state index in [1.165, 1.54) is 23.2 Å². The number of ether oxygens (including phenoxy) is 1. The number of aromatic nitrogens is 5. The summed E-state index contributed by atoms with van der Waals surface area (Å²) < 4.78 is 6.25. The largest absolute Gasteiger partial charge is 0.491 e. The van der Waals surface area contributed by atoms with Gasteiger partial charge in [-0.15, -0.1) is 0 Å². The molecular formula is C30H35N7O. The molecule has 0 bridgehead atoms. The third-order valence-electron chi connectivity index (χ3n) is 8.28. The van der Waals surface area contributed by atoms with Gasteiger partial charge in [-0.25, -0.2) is 19.9 Å². The summed E-state index contributed by atoms with van der Waals surface area (Å²) in [5.74, 6) is 3.88. The number of anilines is 1. The second-order valence-electron chi connectivity index (χ2n) is 11.8. The molecule has 0 amide bonds. The highest BCUT2D eigenvalue weighted by Gasteiger charge is 2.33. The first kappa shape index (κ1) is 23.6. The Morgan fingerprint density at radius 3 is 2.89 bits per heavy atom. The summed E-state index contributed by atoms with van der Waals surface area (Å²) in [6, 6.07) is 8.82. The fourth-order valence-corrected chi connectivity index (χ4v) is 6.20. The van der Waals surface area contributed by atoms with Crippen LogP contribution in [0.2, 0.25) is 0 Å². The van der Waals surface area contributed by atoms with Gasteiger partial charge in [-0.2, -0.15) is 0 Å². The average Bonchev–Trinajstić information content (AvgIpc) is 3.51. The molecule has 2 N–H and O–H groups in total. The number of pyridine rings is 1. The van der Waals surface area contributed by atoms with Crippen LogP contribution < -0.4 is 15.0 Å². The Morgan fingerprint density at radius 1 is 1.11 bits per heavy atom. The summed E-state index contributed by atoms with van der Waals surface area (Å²) >= 11 is 0. The molecule has 1 aromatic carbocycles. The maximum absolute atomic E-state index is 6.25. The smallest absolute Gasteiger partial charge is 0.157 e. The van der Waals surface area contributed by atoms with Crippen molar-refractivity contribution in [1.82, 2.24) is 30.2 Å². The lowest BCUT2D eigenvalue weighted by Gasteiger charge is -2.34. The third-order valence-corrected chi connectivity index (χ3v) is 8.28. The molecule has 1 aliphatic carbocycles. The first-order valence-corrected chi connectivity index (χ1v) is 13.9. The molecule has 1 atom stereocenters. The van der Waals surface area contributed by atoms with Crippen LogP contribution in [-0.2, 0) is 19.4 Å². The standard InChI is InChI=1S/C30H35N7O/c1-18-33-25-14-20(16-32-27(25)34-18)19-6-7-26-21(13-19)17-37(11-12-38-26)29-22-15-30(2,3)9-8-23(22)35-28(36-29)24-5-4-10-31-24/h6-7,13-14,16,24,31H,4-5,8-12,15,17H2,1-3H3,(H,32,33,34). The lowest BCUT2D eigenvalue weighted by molar-refractivity contribution is 0.310. The van der Waals surface area contributed by atoms with E-state index in [0.29, 0.717) is 6.61 Å². The molecule has 196 valence electrons. The summed E-state index contributed by atoms with van der Waals surface area (Å²) in [4.78, 5) is 25.2. The second kappa shape index (κ2) is 9.05. The van der Waals surface area contributed by atoms with Gasteiger partial charge < -0.3 is 19.9 Å². The van der Waals surface area contributed by atoms with Gasteiger partial charge in [-0.1, -0.05) is 19.9 Å². The van der Waals surface area contributed by atoms with E-state index in [-0.39, 0.29) is 11.5 Å². The molecule has 0 saturated carbocycles. The molecule has 8 heteroatoms. The van der Waals surface area contributed by atoms with Crippen LogP contribution in [0.1, 0.15) is 67.6 Å². The number of aromatic amines is 1. The number of nitrogens with one attached hydrogen (secondary N) is 2. The topological polar surface area (TPSA) is 91.8 Å². The first-order valence-electron chi connectivity index (χ1n) is 13.9. The minimum atomic E-state index is 0.252. The predicted octanol–water partition coefficient (Wildman–Crippen LogP) is 5.06. The number of nitrogens with zero attached hydrogens (tertiary/aromatic N) is 5. The second-order valence-corrected chi connectivity index (χ2v) is 11.8. The van der Waals surface area contributed by atoms with Gasteiger partial charge in [0.1, 0.15) is 35.3 Å². The Morgan fingerprint density at radius 2 is 2.03 bits per heavy atom. The lowest BCUT2D eigenvalue weighted by atomic mass is 9.76. The summed E-state index contributed by atoms with van der Waals surface area (Å²) in [5, 5.41) is 3.61. The number of hydrogen-bond donors (Lipinski definition) is 2. The Hall–Kier alpha value is -3.52. The van der Waals surface area contributed by atoms with Gasteiger partial charge in [0.05, 0.1) is 12.6 Å². The normalized spacial score (nSPS) is 20.6. The quantitative estimate of drug-likeness (QED) is 0.399. The van der Waals surface area contributed by atoms with Crippen LogP contribution in [0.3, 0.4) is 0 Å². The highest BCUT2D eigenvalue weighted by molar-refractivity contribution is 5.78. The van der Waals surface area contributed by atoms with Crippen molar-refractivity contribution in [2.24, 2.45) is 5.41 Å². The number of rotatable bonds is 3. The monoisotopic (exact) mass is 509 g/mol. The van der Waals surface area contributed by atoms with Crippen LogP contribution in [0.4, 0.5) is 5.82 Å². The van der Waals surface area contributed by atoms with E-state index in [1.807, 2.05) is 13.1 Å². The summed E-state index contributed by atoms with van der Waals surface area (Å²) in [6.07, 6.45) is 7.39. The molecule has 3 aromatic heterocycles. The van der Waals surface area contributed by atoms with Crippen LogP contribution >= 0.6 is 0 Å². The third kappa shape index (κ3) is 4.30. The van der Waals surface area contributed by atoms with Crippen molar-refractivity contribution in [3.05, 3.63) is 58.9 Å². The summed E-state index contributed by atoms with van der Waals surface area (Å²) in [7, 11) is 0. The van der Waals surface area contributed by atoms with E-state index in [2.05, 4.69) is 63.3 Å². The van der Waals surface area contributed by atoms with Gasteiger partial charge in [-0.3, -0.25) is 0 Å². The highest BCUT2D eigenvalue weighted by Crippen LogP contribution is 2.40. The van der Waals surface area contributed by atoms with Crippen LogP contribution in [-0.4, -0.2) is 44.6 Å². The van der Waals surface area contributed by atoms with E-state index in [9.17, 15) is 0 Å². The Labute approximate surface area is 223 Å². The molecule has 7 rings (SSSR count). The predicted molar refractivity (Wildman–Crippen MR) is 148 cm³/mol. The Balaban J connectivity index is 1.27. The average molecular weight is 510 g/mol.